The molecule has 6 aromatic carbocycles. The number of alkyl halides is 1. The highest BCUT2D eigenvalue weighted by molar-refractivity contribution is 6.17. The molecule has 8 nitrogen and oxygen atoms in total. The third-order valence-electron chi connectivity index (χ3n) is 12.1. The van der Waals surface area contributed by atoms with Gasteiger partial charge in [0.15, 0.2) is 0 Å². The van der Waals surface area contributed by atoms with E-state index < -0.39 is 0 Å². The molecule has 0 unspecified atom stereocenters. The predicted molar refractivity (Wildman–Crippen MR) is 307 cm³/mol. The Morgan fingerprint density at radius 2 is 0.961 bits per heavy atom. The molecule has 6 rings (SSSR count). The normalized spacial score (nSPS) is 12.0. The maximum Gasteiger partial charge on any atom is 0.306 e. The number of esters is 2. The van der Waals surface area contributed by atoms with Gasteiger partial charge < -0.3 is 28.8 Å². The molecule has 408 valence electrons. The molecule has 0 fully saturated rings. The Hall–Kier alpha value is -6.91. The minimum Gasteiger partial charge on any atom is -0.508 e. The van der Waals surface area contributed by atoms with Crippen LogP contribution in [0.5, 0.6) is 23.0 Å². The third kappa shape index (κ3) is 19.0. The van der Waals surface area contributed by atoms with Crippen LogP contribution in [0.25, 0.3) is 22.3 Å². The summed E-state index contributed by atoms with van der Waals surface area (Å²) < 4.78 is 55.9. The van der Waals surface area contributed by atoms with Crippen LogP contribution in [0.4, 0.5) is 8.78 Å². The molecule has 0 spiro atoms. The first-order chi connectivity index (χ1) is 35.7. The van der Waals surface area contributed by atoms with E-state index in [4.69, 9.17) is 35.3 Å². The van der Waals surface area contributed by atoms with Crippen molar-refractivity contribution in [2.75, 3.05) is 27.4 Å². The fourth-order valence-electron chi connectivity index (χ4n) is 8.34. The van der Waals surface area contributed by atoms with Crippen molar-refractivity contribution in [3.05, 3.63) is 191 Å². The molecule has 0 saturated heterocycles. The maximum atomic E-state index is 14.9. The van der Waals surface area contributed by atoms with Crippen molar-refractivity contribution in [2.24, 2.45) is 0 Å². The van der Waals surface area contributed by atoms with Gasteiger partial charge in [0.05, 0.1) is 40.3 Å². The molecule has 6 aromatic rings. The predicted octanol–water partition coefficient (Wildman–Crippen LogP) is 17.2. The number of carbonyl (C=O) groups excluding carboxylic acids is 2. The van der Waals surface area contributed by atoms with E-state index in [1.807, 2.05) is 118 Å². The highest BCUT2D eigenvalue weighted by atomic mass is 35.5. The number of aromatic hydroxyl groups is 1. The molecule has 0 amide bonds. The number of phenolic OH excluding ortho intramolecular Hbond substituents is 1. The molecule has 0 aliphatic rings. The van der Waals surface area contributed by atoms with E-state index in [-0.39, 0.29) is 59.4 Å². The van der Waals surface area contributed by atoms with Gasteiger partial charge in [-0.3, -0.25) is 9.59 Å². The van der Waals surface area contributed by atoms with E-state index in [1.54, 1.807) is 57.5 Å². The smallest absolute Gasteiger partial charge is 0.306 e. The van der Waals surface area contributed by atoms with Crippen LogP contribution in [-0.2, 0) is 42.4 Å². The van der Waals surface area contributed by atoms with Crippen LogP contribution >= 0.6 is 11.6 Å². The first-order valence-electron chi connectivity index (χ1n) is 25.3. The number of hydrogen-bond donors (Lipinski definition) is 1. The number of allylic oxidation sites excluding steroid dienone is 4. The molecule has 0 aromatic heterocycles. The first-order valence-corrected chi connectivity index (χ1v) is 25.8. The Balaban J connectivity index is 0.000000329. The second kappa shape index (κ2) is 30.6. The third-order valence-corrected chi connectivity index (χ3v) is 12.4. The van der Waals surface area contributed by atoms with Gasteiger partial charge in [-0.05, 0) is 156 Å². The number of rotatable bonds is 18. The summed E-state index contributed by atoms with van der Waals surface area (Å²) in [5, 5.41) is 9.22. The molecule has 11 heteroatoms. The van der Waals surface area contributed by atoms with Gasteiger partial charge in [0.2, 0.25) is 0 Å². The SMILES string of the molecule is C.C/C=C/[C@@H](CC(=O)OCC)c1ccc(O)cc1.C/C=C/[C@@H](CC(=O)OCC)c1ccc(OCc2ccc(C(C)(C)C)c(-c3cc(OC)ccc3F)c2)cc1.COc1ccc(F)c(-c2cc(CCl)ccc2C(C)(C)C)c1. The van der Waals surface area contributed by atoms with Crippen LogP contribution in [0.3, 0.4) is 0 Å². The van der Waals surface area contributed by atoms with Crippen molar-refractivity contribution in [3.63, 3.8) is 0 Å². The van der Waals surface area contributed by atoms with E-state index in [9.17, 15) is 23.5 Å². The van der Waals surface area contributed by atoms with Crippen LogP contribution < -0.4 is 14.2 Å². The van der Waals surface area contributed by atoms with Crippen LogP contribution in [-0.4, -0.2) is 44.5 Å². The van der Waals surface area contributed by atoms with E-state index in [0.29, 0.717) is 66.9 Å². The van der Waals surface area contributed by atoms with Crippen LogP contribution in [0.1, 0.15) is 135 Å². The molecule has 0 saturated carbocycles. The summed E-state index contributed by atoms with van der Waals surface area (Å²) in [6, 6.07) is 36.3. The highest BCUT2D eigenvalue weighted by Gasteiger charge is 2.23. The van der Waals surface area contributed by atoms with Gasteiger partial charge in [0.25, 0.3) is 0 Å². The number of halogens is 3. The Kier molecular flexibility index (Phi) is 25.5. The Morgan fingerprint density at radius 1 is 0.566 bits per heavy atom. The van der Waals surface area contributed by atoms with Gasteiger partial charge in [0, 0.05) is 28.8 Å². The fourth-order valence-corrected chi connectivity index (χ4v) is 8.51. The molecule has 0 aliphatic carbocycles. The summed E-state index contributed by atoms with van der Waals surface area (Å²) in [6.45, 7) is 21.3. The quantitative estimate of drug-likeness (QED) is 0.0516. The average Bonchev–Trinajstić information content (AvgIpc) is 3.38. The summed E-state index contributed by atoms with van der Waals surface area (Å²) in [7, 11) is 3.16. The number of methoxy groups -OCH3 is 2. The molecule has 2 atom stereocenters. The van der Waals surface area contributed by atoms with Crippen molar-refractivity contribution in [2.45, 2.75) is 125 Å². The zero-order valence-corrected chi connectivity index (χ0v) is 46.4. The van der Waals surface area contributed by atoms with Crippen molar-refractivity contribution >= 4 is 23.5 Å². The van der Waals surface area contributed by atoms with E-state index in [0.717, 1.165) is 44.5 Å². The molecular formula is C65H79ClF2O8. The fraction of sp³-hybridized carbons (Fsp3) is 0.354. The summed E-state index contributed by atoms with van der Waals surface area (Å²) in [5.74, 6) is 1.58. The van der Waals surface area contributed by atoms with Gasteiger partial charge in [0.1, 0.15) is 41.2 Å². The largest absolute Gasteiger partial charge is 0.508 e. The summed E-state index contributed by atoms with van der Waals surface area (Å²) >= 11 is 5.93. The lowest BCUT2D eigenvalue weighted by Gasteiger charge is -2.24. The first kappa shape index (κ1) is 63.4. The molecule has 1 N–H and O–H groups in total. The van der Waals surface area contributed by atoms with Gasteiger partial charge in [-0.15, -0.1) is 11.6 Å². The standard InChI is InChI=1S/C32H37FO4.C18H20ClFO.C14H18O3.CH4/c1-7-9-24(19-31(34)36-8-2)23-11-13-25(14-12-23)37-21-22-10-16-29(32(3,4)5)27(18-22)28-20-26(35-6)15-17-30(28)33;1-18(2,3)16-7-5-12(11-19)9-14(16)15-10-13(21-4)6-8-17(15)20;1-3-5-12(10-14(16)17-4-2)11-6-8-13(15)9-7-11;/h7,9-18,20,24H,8,19,21H2,1-6H3;5-10H,11H2,1-4H3;3,5-9,12,15H,4,10H2,1-2H3;1H4/b9-7+;;5-3+;/t24-;;12-;/m0.0./s1. The zero-order valence-electron chi connectivity index (χ0n) is 45.7. The lowest BCUT2D eigenvalue weighted by Crippen LogP contribution is -2.13. The number of hydrogen-bond acceptors (Lipinski definition) is 8. The lowest BCUT2D eigenvalue weighted by molar-refractivity contribution is -0.144. The lowest BCUT2D eigenvalue weighted by atomic mass is 9.81. The minimum atomic E-state index is -0.293. The van der Waals surface area contributed by atoms with Gasteiger partial charge >= 0.3 is 11.9 Å². The van der Waals surface area contributed by atoms with Gasteiger partial charge in [-0.1, -0.05) is 122 Å². The highest BCUT2D eigenvalue weighted by Crippen LogP contribution is 2.39. The van der Waals surface area contributed by atoms with Crippen LogP contribution in [0.15, 0.2) is 146 Å². The summed E-state index contributed by atoms with van der Waals surface area (Å²) in [5.41, 5.74) is 8.54. The topological polar surface area (TPSA) is 101 Å². The second-order valence-corrected chi connectivity index (χ2v) is 20.1. The Morgan fingerprint density at radius 3 is 1.34 bits per heavy atom. The zero-order chi connectivity index (χ0) is 55.3. The Labute approximate surface area is 456 Å². The van der Waals surface area contributed by atoms with Gasteiger partial charge in [-0.25, -0.2) is 8.78 Å². The monoisotopic (exact) mass is 1060 g/mol. The number of phenols is 1. The van der Waals surface area contributed by atoms with Crippen LogP contribution in [0.2, 0.25) is 0 Å². The number of ether oxygens (including phenoxy) is 5. The number of carbonyl (C=O) groups is 2. The molecule has 0 bridgehead atoms. The van der Waals surface area contributed by atoms with Crippen molar-refractivity contribution in [1.29, 1.82) is 0 Å². The molecule has 76 heavy (non-hydrogen) atoms. The Bertz CT molecular complexity index is 2820. The second-order valence-electron chi connectivity index (χ2n) is 19.8. The van der Waals surface area contributed by atoms with E-state index >= 15 is 0 Å². The van der Waals surface area contributed by atoms with Crippen LogP contribution in [0, 0.1) is 11.6 Å². The molecule has 0 radical (unpaired) electrons. The van der Waals surface area contributed by atoms with E-state index in [2.05, 4.69) is 41.5 Å². The summed E-state index contributed by atoms with van der Waals surface area (Å²) in [4.78, 5) is 23.5. The van der Waals surface area contributed by atoms with Crippen molar-refractivity contribution < 1.29 is 47.2 Å². The number of benzene rings is 6. The van der Waals surface area contributed by atoms with Gasteiger partial charge in [-0.2, -0.15) is 0 Å². The molecule has 0 heterocycles. The maximum absolute atomic E-state index is 14.9. The average molecular weight is 1060 g/mol. The molecular weight excluding hydrogens is 982 g/mol. The summed E-state index contributed by atoms with van der Waals surface area (Å²) in [6.07, 6.45) is 8.44. The molecule has 0 aliphatic heterocycles. The van der Waals surface area contributed by atoms with E-state index in [1.165, 1.54) is 12.1 Å². The van der Waals surface area contributed by atoms with Crippen molar-refractivity contribution in [1.82, 2.24) is 0 Å². The minimum absolute atomic E-state index is 0. The van der Waals surface area contributed by atoms with Crippen molar-refractivity contribution in [3.8, 4) is 45.3 Å².